The number of aromatic nitrogens is 4. The molecule has 1 saturated heterocycles. The van der Waals surface area contributed by atoms with Gasteiger partial charge in [0.15, 0.2) is 0 Å². The molecular formula is C24H26N6. The minimum absolute atomic E-state index is 0.375. The summed E-state index contributed by atoms with van der Waals surface area (Å²) in [6.07, 6.45) is 3.63. The minimum Gasteiger partial charge on any atom is -0.351 e. The van der Waals surface area contributed by atoms with Gasteiger partial charge in [-0.15, -0.1) is 0 Å². The van der Waals surface area contributed by atoms with Crippen molar-refractivity contribution in [2.75, 3.05) is 24.5 Å². The van der Waals surface area contributed by atoms with Gasteiger partial charge in [-0.2, -0.15) is 5.10 Å². The number of fused-ring (bicyclic) bond motifs is 1. The second-order valence-electron chi connectivity index (χ2n) is 8.08. The van der Waals surface area contributed by atoms with E-state index in [1.807, 2.05) is 13.1 Å². The molecule has 0 aliphatic carbocycles. The summed E-state index contributed by atoms with van der Waals surface area (Å²) in [6, 6.07) is 17.5. The van der Waals surface area contributed by atoms with Crippen LogP contribution >= 0.6 is 0 Å². The lowest BCUT2D eigenvalue weighted by atomic mass is 10.0. The van der Waals surface area contributed by atoms with Crippen molar-refractivity contribution in [3.63, 3.8) is 0 Å². The molecule has 0 spiro atoms. The molecule has 6 nitrogen and oxygen atoms in total. The van der Waals surface area contributed by atoms with E-state index in [2.05, 4.69) is 80.4 Å². The first-order valence-corrected chi connectivity index (χ1v) is 10.5. The van der Waals surface area contributed by atoms with Crippen LogP contribution in [0.4, 0.5) is 5.82 Å². The van der Waals surface area contributed by atoms with Crippen LogP contribution in [0.25, 0.3) is 22.0 Å². The Morgan fingerprint density at radius 1 is 1.07 bits per heavy atom. The summed E-state index contributed by atoms with van der Waals surface area (Å²) in [5.74, 6) is 1.02. The van der Waals surface area contributed by atoms with E-state index in [1.165, 1.54) is 5.56 Å². The van der Waals surface area contributed by atoms with E-state index in [9.17, 15) is 0 Å². The van der Waals surface area contributed by atoms with Crippen LogP contribution < -0.4 is 4.90 Å². The highest BCUT2D eigenvalue weighted by Gasteiger charge is 2.26. The maximum absolute atomic E-state index is 4.71. The normalized spacial score (nSPS) is 17.5. The van der Waals surface area contributed by atoms with E-state index in [-0.39, 0.29) is 0 Å². The SMILES string of the molecule is Cc1n[nH]cc1-c1ccc2ncnc(N3CCN(Cc4ccccc4)CC3C)c2c1. The van der Waals surface area contributed by atoms with Crippen LogP contribution in [0.5, 0.6) is 0 Å². The lowest BCUT2D eigenvalue weighted by molar-refractivity contribution is 0.220. The lowest BCUT2D eigenvalue weighted by Gasteiger charge is -2.41. The fourth-order valence-corrected chi connectivity index (χ4v) is 4.42. The minimum atomic E-state index is 0.375. The third-order valence-corrected chi connectivity index (χ3v) is 5.99. The molecule has 0 saturated carbocycles. The second-order valence-corrected chi connectivity index (χ2v) is 8.08. The Kier molecular flexibility index (Phi) is 4.93. The molecule has 0 radical (unpaired) electrons. The number of anilines is 1. The number of aromatic amines is 1. The van der Waals surface area contributed by atoms with Gasteiger partial charge >= 0.3 is 0 Å². The van der Waals surface area contributed by atoms with Gasteiger partial charge in [0.1, 0.15) is 12.1 Å². The molecule has 1 N–H and O–H groups in total. The molecule has 0 amide bonds. The first kappa shape index (κ1) is 18.8. The predicted octanol–water partition coefficient (Wildman–Crippen LogP) is 4.04. The largest absolute Gasteiger partial charge is 0.351 e. The van der Waals surface area contributed by atoms with Gasteiger partial charge in [0.25, 0.3) is 0 Å². The number of H-pyrrole nitrogens is 1. The summed E-state index contributed by atoms with van der Waals surface area (Å²) >= 11 is 0. The fourth-order valence-electron chi connectivity index (χ4n) is 4.42. The van der Waals surface area contributed by atoms with Crippen molar-refractivity contribution < 1.29 is 0 Å². The number of aryl methyl sites for hydroxylation is 1. The van der Waals surface area contributed by atoms with E-state index in [1.54, 1.807) is 6.33 Å². The summed E-state index contributed by atoms with van der Waals surface area (Å²) in [7, 11) is 0. The topological polar surface area (TPSA) is 60.9 Å². The molecule has 1 atom stereocenters. The monoisotopic (exact) mass is 398 g/mol. The van der Waals surface area contributed by atoms with E-state index in [0.717, 1.165) is 59.7 Å². The number of hydrogen-bond donors (Lipinski definition) is 1. The molecule has 0 bridgehead atoms. The second kappa shape index (κ2) is 7.88. The van der Waals surface area contributed by atoms with Crippen LogP contribution in [0.1, 0.15) is 18.2 Å². The van der Waals surface area contributed by atoms with Crippen LogP contribution in [0.3, 0.4) is 0 Å². The Morgan fingerprint density at radius 2 is 1.93 bits per heavy atom. The van der Waals surface area contributed by atoms with Crippen molar-refractivity contribution in [2.45, 2.75) is 26.4 Å². The smallest absolute Gasteiger partial charge is 0.140 e. The van der Waals surface area contributed by atoms with Crippen molar-refractivity contribution in [1.29, 1.82) is 0 Å². The molecule has 2 aromatic carbocycles. The average molecular weight is 399 g/mol. The summed E-state index contributed by atoms with van der Waals surface area (Å²) in [5.41, 5.74) is 5.60. The van der Waals surface area contributed by atoms with Crippen LogP contribution in [0.15, 0.2) is 61.1 Å². The van der Waals surface area contributed by atoms with Crippen molar-refractivity contribution in [1.82, 2.24) is 25.1 Å². The Hall–Kier alpha value is -3.25. The Morgan fingerprint density at radius 3 is 2.70 bits per heavy atom. The molecule has 152 valence electrons. The Bertz CT molecular complexity index is 1150. The fraction of sp³-hybridized carbons (Fsp3) is 0.292. The average Bonchev–Trinajstić information content (AvgIpc) is 3.20. The first-order valence-electron chi connectivity index (χ1n) is 10.5. The molecule has 5 rings (SSSR count). The third-order valence-electron chi connectivity index (χ3n) is 5.99. The van der Waals surface area contributed by atoms with Crippen molar-refractivity contribution in [3.05, 3.63) is 72.3 Å². The van der Waals surface area contributed by atoms with Crippen molar-refractivity contribution >= 4 is 16.7 Å². The van der Waals surface area contributed by atoms with Crippen molar-refractivity contribution in [2.24, 2.45) is 0 Å². The van der Waals surface area contributed by atoms with Crippen LogP contribution in [0.2, 0.25) is 0 Å². The number of nitrogens with one attached hydrogen (secondary N) is 1. The molecule has 6 heteroatoms. The van der Waals surface area contributed by atoms with E-state index in [4.69, 9.17) is 4.98 Å². The third kappa shape index (κ3) is 3.55. The van der Waals surface area contributed by atoms with E-state index in [0.29, 0.717) is 6.04 Å². The van der Waals surface area contributed by atoms with Crippen LogP contribution in [-0.4, -0.2) is 50.7 Å². The van der Waals surface area contributed by atoms with Gasteiger partial charge in [-0.1, -0.05) is 36.4 Å². The number of rotatable bonds is 4. The molecule has 1 aliphatic rings. The Labute approximate surface area is 176 Å². The van der Waals surface area contributed by atoms with E-state index >= 15 is 0 Å². The molecular weight excluding hydrogens is 372 g/mol. The maximum Gasteiger partial charge on any atom is 0.140 e. The number of benzene rings is 2. The Balaban J connectivity index is 1.42. The molecule has 3 heterocycles. The molecule has 30 heavy (non-hydrogen) atoms. The number of piperazine rings is 1. The zero-order valence-electron chi connectivity index (χ0n) is 17.4. The highest BCUT2D eigenvalue weighted by atomic mass is 15.3. The van der Waals surface area contributed by atoms with Gasteiger partial charge in [0.05, 0.1) is 11.2 Å². The quantitative estimate of drug-likeness (QED) is 0.562. The highest BCUT2D eigenvalue weighted by molar-refractivity contribution is 5.93. The molecule has 1 fully saturated rings. The summed E-state index contributed by atoms with van der Waals surface area (Å²) in [4.78, 5) is 14.2. The van der Waals surface area contributed by atoms with E-state index < -0.39 is 0 Å². The number of hydrogen-bond acceptors (Lipinski definition) is 5. The summed E-state index contributed by atoms with van der Waals surface area (Å²) in [6.45, 7) is 8.29. The molecule has 4 aromatic rings. The van der Waals surface area contributed by atoms with Crippen LogP contribution in [0, 0.1) is 6.92 Å². The van der Waals surface area contributed by atoms with Crippen LogP contribution in [-0.2, 0) is 6.54 Å². The lowest BCUT2D eigenvalue weighted by Crippen LogP contribution is -2.52. The molecule has 1 unspecified atom stereocenters. The predicted molar refractivity (Wildman–Crippen MR) is 120 cm³/mol. The molecule has 1 aliphatic heterocycles. The first-order chi connectivity index (χ1) is 14.7. The van der Waals surface area contributed by atoms with Gasteiger partial charge in [-0.25, -0.2) is 9.97 Å². The summed E-state index contributed by atoms with van der Waals surface area (Å²) in [5, 5.41) is 8.32. The van der Waals surface area contributed by atoms with Crippen molar-refractivity contribution in [3.8, 4) is 11.1 Å². The zero-order valence-corrected chi connectivity index (χ0v) is 17.4. The standard InChI is InChI=1S/C24H26N6/c1-17-14-29(15-19-6-4-3-5-7-19)10-11-30(17)24-21-12-20(22-13-27-28-18(22)2)8-9-23(21)25-16-26-24/h3-9,12-13,16-17H,10-11,14-15H2,1-2H3,(H,27,28). The molecule has 2 aromatic heterocycles. The van der Waals surface area contributed by atoms with Gasteiger partial charge in [-0.05, 0) is 37.1 Å². The number of nitrogens with zero attached hydrogens (tertiary/aromatic N) is 5. The van der Waals surface area contributed by atoms with Gasteiger partial charge in [0.2, 0.25) is 0 Å². The van der Waals surface area contributed by atoms with Gasteiger partial charge in [0, 0.05) is 49.4 Å². The summed E-state index contributed by atoms with van der Waals surface area (Å²) < 4.78 is 0. The van der Waals surface area contributed by atoms with Gasteiger partial charge < -0.3 is 4.90 Å². The maximum atomic E-state index is 4.71. The van der Waals surface area contributed by atoms with Gasteiger partial charge in [-0.3, -0.25) is 10.00 Å². The highest BCUT2D eigenvalue weighted by Crippen LogP contribution is 2.31. The zero-order chi connectivity index (χ0) is 20.5.